The number of aromatic hydroxyl groups is 1. The number of amides is 1. The summed E-state index contributed by atoms with van der Waals surface area (Å²) in [5.41, 5.74) is 4.64. The van der Waals surface area contributed by atoms with Gasteiger partial charge in [0.2, 0.25) is 5.91 Å². The van der Waals surface area contributed by atoms with Crippen molar-refractivity contribution in [3.8, 4) is 5.75 Å². The summed E-state index contributed by atoms with van der Waals surface area (Å²) in [6.07, 6.45) is 2.68. The summed E-state index contributed by atoms with van der Waals surface area (Å²) in [5.74, 6) is 0.653. The van der Waals surface area contributed by atoms with Gasteiger partial charge < -0.3 is 10.0 Å². The second-order valence-electron chi connectivity index (χ2n) is 6.37. The van der Waals surface area contributed by atoms with Crippen molar-refractivity contribution in [1.29, 1.82) is 0 Å². The fraction of sp³-hybridized carbons (Fsp3) is 0.368. The highest BCUT2D eigenvalue weighted by atomic mass is 16.3. The first-order valence-corrected chi connectivity index (χ1v) is 8.02. The summed E-state index contributed by atoms with van der Waals surface area (Å²) in [5, 5.41) is 9.25. The zero-order chi connectivity index (χ0) is 16.4. The van der Waals surface area contributed by atoms with Gasteiger partial charge in [-0.3, -0.25) is 9.78 Å². The standard InChI is InChI=1S/C19H22N2O2/c1-13-3-6-18(14(2)9-13)15-7-8-21(12-15)19(23)10-16-4-5-17(22)11-20-16/h3-6,9,11,15,22H,7-8,10,12H2,1-2H3. The molecule has 1 aliphatic rings. The number of aryl methyl sites for hydroxylation is 2. The third kappa shape index (κ3) is 3.52. The second kappa shape index (κ2) is 6.41. The number of hydrogen-bond acceptors (Lipinski definition) is 3. The van der Waals surface area contributed by atoms with Crippen molar-refractivity contribution in [2.24, 2.45) is 0 Å². The summed E-state index contributed by atoms with van der Waals surface area (Å²) in [7, 11) is 0. The molecule has 1 unspecified atom stereocenters. The number of carbonyl (C=O) groups is 1. The first kappa shape index (κ1) is 15.5. The van der Waals surface area contributed by atoms with Gasteiger partial charge >= 0.3 is 0 Å². The molecule has 1 N–H and O–H groups in total. The van der Waals surface area contributed by atoms with Gasteiger partial charge in [0.05, 0.1) is 12.6 Å². The lowest BCUT2D eigenvalue weighted by atomic mass is 9.93. The lowest BCUT2D eigenvalue weighted by molar-refractivity contribution is -0.129. The van der Waals surface area contributed by atoms with Crippen LogP contribution in [0.15, 0.2) is 36.5 Å². The number of hydrogen-bond donors (Lipinski definition) is 1. The molecule has 1 aliphatic heterocycles. The molecule has 4 heteroatoms. The summed E-state index contributed by atoms with van der Waals surface area (Å²) >= 11 is 0. The predicted molar refractivity (Wildman–Crippen MR) is 89.5 cm³/mol. The number of carbonyl (C=O) groups excluding carboxylic acids is 1. The highest BCUT2D eigenvalue weighted by Crippen LogP contribution is 2.30. The largest absolute Gasteiger partial charge is 0.506 e. The van der Waals surface area contributed by atoms with Crippen LogP contribution in [0.1, 0.15) is 34.7 Å². The molecule has 1 atom stereocenters. The van der Waals surface area contributed by atoms with Crippen LogP contribution in [0.25, 0.3) is 0 Å². The number of benzene rings is 1. The topological polar surface area (TPSA) is 53.4 Å². The maximum atomic E-state index is 12.4. The van der Waals surface area contributed by atoms with Crippen LogP contribution in [0, 0.1) is 13.8 Å². The van der Waals surface area contributed by atoms with E-state index in [-0.39, 0.29) is 11.7 Å². The van der Waals surface area contributed by atoms with Gasteiger partial charge in [0, 0.05) is 24.7 Å². The van der Waals surface area contributed by atoms with E-state index in [0.717, 1.165) is 19.5 Å². The van der Waals surface area contributed by atoms with Gasteiger partial charge in [-0.2, -0.15) is 0 Å². The van der Waals surface area contributed by atoms with E-state index in [2.05, 4.69) is 37.0 Å². The molecule has 1 aromatic carbocycles. The van der Waals surface area contributed by atoms with E-state index in [1.165, 1.54) is 22.9 Å². The van der Waals surface area contributed by atoms with Crippen molar-refractivity contribution < 1.29 is 9.90 Å². The van der Waals surface area contributed by atoms with Gasteiger partial charge in [0.25, 0.3) is 0 Å². The molecule has 0 radical (unpaired) electrons. The smallest absolute Gasteiger partial charge is 0.228 e. The highest BCUT2D eigenvalue weighted by Gasteiger charge is 2.28. The van der Waals surface area contributed by atoms with E-state index in [4.69, 9.17) is 0 Å². The van der Waals surface area contributed by atoms with Crippen LogP contribution in [0.4, 0.5) is 0 Å². The van der Waals surface area contributed by atoms with E-state index < -0.39 is 0 Å². The van der Waals surface area contributed by atoms with Crippen molar-refractivity contribution in [1.82, 2.24) is 9.88 Å². The Morgan fingerprint density at radius 1 is 1.30 bits per heavy atom. The molecular formula is C19H22N2O2. The fourth-order valence-corrected chi connectivity index (χ4v) is 3.31. The Hall–Kier alpha value is -2.36. The number of nitrogens with zero attached hydrogens (tertiary/aromatic N) is 2. The third-order valence-corrected chi connectivity index (χ3v) is 4.55. The van der Waals surface area contributed by atoms with Crippen molar-refractivity contribution in [3.05, 3.63) is 58.9 Å². The molecule has 120 valence electrons. The Labute approximate surface area is 136 Å². The van der Waals surface area contributed by atoms with Crippen LogP contribution in [-0.4, -0.2) is 34.0 Å². The minimum Gasteiger partial charge on any atom is -0.506 e. The Kier molecular flexibility index (Phi) is 4.33. The van der Waals surface area contributed by atoms with E-state index in [0.29, 0.717) is 18.0 Å². The average molecular weight is 310 g/mol. The number of likely N-dealkylation sites (tertiary alicyclic amines) is 1. The van der Waals surface area contributed by atoms with Gasteiger partial charge in [-0.05, 0) is 43.5 Å². The average Bonchev–Trinajstić information content (AvgIpc) is 2.99. The van der Waals surface area contributed by atoms with E-state index in [9.17, 15) is 9.90 Å². The molecule has 0 aliphatic carbocycles. The van der Waals surface area contributed by atoms with Gasteiger partial charge in [0.1, 0.15) is 5.75 Å². The zero-order valence-corrected chi connectivity index (χ0v) is 13.6. The lowest BCUT2D eigenvalue weighted by Crippen LogP contribution is -2.30. The molecule has 4 nitrogen and oxygen atoms in total. The van der Waals surface area contributed by atoms with Crippen LogP contribution in [0.2, 0.25) is 0 Å². The number of aromatic nitrogens is 1. The fourth-order valence-electron chi connectivity index (χ4n) is 3.31. The molecule has 1 fully saturated rings. The van der Waals surface area contributed by atoms with Crippen LogP contribution >= 0.6 is 0 Å². The summed E-state index contributed by atoms with van der Waals surface area (Å²) in [4.78, 5) is 18.5. The number of rotatable bonds is 3. The van der Waals surface area contributed by atoms with Gasteiger partial charge in [-0.15, -0.1) is 0 Å². The maximum absolute atomic E-state index is 12.4. The highest BCUT2D eigenvalue weighted by molar-refractivity contribution is 5.78. The Morgan fingerprint density at radius 2 is 2.13 bits per heavy atom. The molecule has 2 heterocycles. The second-order valence-corrected chi connectivity index (χ2v) is 6.37. The molecule has 1 amide bonds. The third-order valence-electron chi connectivity index (χ3n) is 4.55. The van der Waals surface area contributed by atoms with Gasteiger partial charge in [-0.1, -0.05) is 23.8 Å². The molecule has 3 rings (SSSR count). The van der Waals surface area contributed by atoms with Gasteiger partial charge in [0.15, 0.2) is 0 Å². The molecule has 2 aromatic rings. The quantitative estimate of drug-likeness (QED) is 0.948. The zero-order valence-electron chi connectivity index (χ0n) is 13.6. The monoisotopic (exact) mass is 310 g/mol. The maximum Gasteiger partial charge on any atom is 0.228 e. The Bertz CT molecular complexity index is 710. The van der Waals surface area contributed by atoms with Crippen LogP contribution in [-0.2, 0) is 11.2 Å². The first-order valence-electron chi connectivity index (χ1n) is 8.02. The Morgan fingerprint density at radius 3 is 2.83 bits per heavy atom. The van der Waals surface area contributed by atoms with Crippen LogP contribution in [0.3, 0.4) is 0 Å². The number of pyridine rings is 1. The Balaban J connectivity index is 1.64. The minimum absolute atomic E-state index is 0.107. The summed E-state index contributed by atoms with van der Waals surface area (Å²) < 4.78 is 0. The molecule has 1 aromatic heterocycles. The van der Waals surface area contributed by atoms with Crippen molar-refractivity contribution in [2.75, 3.05) is 13.1 Å². The molecular weight excluding hydrogens is 288 g/mol. The lowest BCUT2D eigenvalue weighted by Gasteiger charge is -2.18. The van der Waals surface area contributed by atoms with E-state index in [1.54, 1.807) is 12.1 Å². The van der Waals surface area contributed by atoms with Crippen LogP contribution < -0.4 is 0 Å². The summed E-state index contributed by atoms with van der Waals surface area (Å²) in [6.45, 7) is 5.83. The van der Waals surface area contributed by atoms with Crippen molar-refractivity contribution in [2.45, 2.75) is 32.6 Å². The predicted octanol–water partition coefficient (Wildman–Crippen LogP) is 2.96. The normalized spacial score (nSPS) is 17.5. The van der Waals surface area contributed by atoms with Crippen molar-refractivity contribution in [3.63, 3.8) is 0 Å². The molecule has 1 saturated heterocycles. The first-order chi connectivity index (χ1) is 11.0. The van der Waals surface area contributed by atoms with E-state index >= 15 is 0 Å². The van der Waals surface area contributed by atoms with Crippen LogP contribution in [0.5, 0.6) is 5.75 Å². The molecule has 0 saturated carbocycles. The van der Waals surface area contributed by atoms with E-state index in [1.807, 2.05) is 4.90 Å². The minimum atomic E-state index is 0.107. The van der Waals surface area contributed by atoms with Crippen molar-refractivity contribution >= 4 is 5.91 Å². The molecule has 23 heavy (non-hydrogen) atoms. The van der Waals surface area contributed by atoms with Gasteiger partial charge in [-0.25, -0.2) is 0 Å². The molecule has 0 spiro atoms. The molecule has 0 bridgehead atoms. The summed E-state index contributed by atoms with van der Waals surface area (Å²) in [6, 6.07) is 9.82. The SMILES string of the molecule is Cc1ccc(C2CCN(C(=O)Cc3ccc(O)cn3)C2)c(C)c1.